The number of anilines is 1. The number of likely N-dealkylation sites (N-methyl/N-ethyl adjacent to an activating group) is 1. The summed E-state index contributed by atoms with van der Waals surface area (Å²) in [6.07, 6.45) is 11.3. The van der Waals surface area contributed by atoms with Crippen molar-refractivity contribution in [2.24, 2.45) is 0 Å². The van der Waals surface area contributed by atoms with E-state index in [9.17, 15) is 0 Å². The van der Waals surface area contributed by atoms with Gasteiger partial charge in [0.25, 0.3) is 0 Å². The summed E-state index contributed by atoms with van der Waals surface area (Å²) in [5, 5.41) is 5.91. The van der Waals surface area contributed by atoms with Gasteiger partial charge in [-0.1, -0.05) is 47.5 Å². The number of hydrogen-bond donors (Lipinski definition) is 1. The topological polar surface area (TPSA) is 52.5 Å². The number of benzene rings is 1. The number of nitrogens with one attached hydrogen (secondary N) is 1. The standard InChI is InChI=1S/C31H39Cl2N7/c1-4-38-21-25(24-7-5-6-8-27(24)38)29-26(32)20-34-30(36-29)35-22-9-12-31(2,28(33)19-22)40-13-10-23(11-14-40)39-17-15-37(3)16-18-39/h5-9,19-21,23H,4,10-18H2,1-3H3,(H,34,35,36). The molecule has 3 aliphatic rings. The van der Waals surface area contributed by atoms with Crippen LogP contribution in [0.15, 0.2) is 59.5 Å². The van der Waals surface area contributed by atoms with Gasteiger partial charge in [0, 0.05) is 85.2 Å². The number of fused-ring (bicyclic) bond motifs is 1. The van der Waals surface area contributed by atoms with E-state index < -0.39 is 0 Å². The molecule has 2 fully saturated rings. The van der Waals surface area contributed by atoms with Gasteiger partial charge in [0.05, 0.1) is 22.5 Å². The summed E-state index contributed by atoms with van der Waals surface area (Å²) < 4.78 is 2.22. The van der Waals surface area contributed by atoms with Gasteiger partial charge in [0.1, 0.15) is 0 Å². The highest BCUT2D eigenvalue weighted by atomic mass is 35.5. The van der Waals surface area contributed by atoms with Gasteiger partial charge in [-0.05, 0) is 52.3 Å². The zero-order valence-electron chi connectivity index (χ0n) is 23.7. The first kappa shape index (κ1) is 27.7. The molecular weight excluding hydrogens is 541 g/mol. The highest BCUT2D eigenvalue weighted by molar-refractivity contribution is 6.33. The lowest BCUT2D eigenvalue weighted by atomic mass is 9.87. The van der Waals surface area contributed by atoms with E-state index in [1.807, 2.05) is 12.1 Å². The normalized spacial score (nSPS) is 23.8. The van der Waals surface area contributed by atoms with Crippen molar-refractivity contribution in [1.82, 2.24) is 29.2 Å². The first-order valence-corrected chi connectivity index (χ1v) is 15.2. The summed E-state index contributed by atoms with van der Waals surface area (Å²) in [4.78, 5) is 17.0. The smallest absolute Gasteiger partial charge is 0.227 e. The molecule has 1 atom stereocenters. The average Bonchev–Trinajstić information content (AvgIpc) is 3.35. The van der Waals surface area contributed by atoms with Crippen molar-refractivity contribution < 1.29 is 0 Å². The highest BCUT2D eigenvalue weighted by Crippen LogP contribution is 2.39. The first-order valence-electron chi connectivity index (χ1n) is 14.5. The number of piperidine rings is 1. The van der Waals surface area contributed by atoms with Gasteiger partial charge < -0.3 is 14.8 Å². The maximum absolute atomic E-state index is 7.01. The molecule has 0 amide bonds. The van der Waals surface area contributed by atoms with Crippen molar-refractivity contribution in [3.8, 4) is 11.3 Å². The molecule has 0 radical (unpaired) electrons. The summed E-state index contributed by atoms with van der Waals surface area (Å²) in [6.45, 7) is 12.2. The number of aryl methyl sites for hydroxylation is 1. The van der Waals surface area contributed by atoms with E-state index in [1.165, 1.54) is 44.5 Å². The van der Waals surface area contributed by atoms with Gasteiger partial charge >= 0.3 is 0 Å². The summed E-state index contributed by atoms with van der Waals surface area (Å²) in [7, 11) is 2.22. The average molecular weight is 581 g/mol. The molecule has 4 heterocycles. The van der Waals surface area contributed by atoms with Crippen molar-refractivity contribution in [3.05, 3.63) is 64.6 Å². The van der Waals surface area contributed by atoms with Gasteiger partial charge in [-0.2, -0.15) is 0 Å². The van der Waals surface area contributed by atoms with Crippen LogP contribution in [0.3, 0.4) is 0 Å². The fourth-order valence-electron chi connectivity index (χ4n) is 6.48. The molecule has 2 aliphatic heterocycles. The predicted molar refractivity (Wildman–Crippen MR) is 166 cm³/mol. The summed E-state index contributed by atoms with van der Waals surface area (Å²) in [5.74, 6) is 0.510. The second-order valence-corrected chi connectivity index (χ2v) is 12.4. The SMILES string of the molecule is CCn1cc(-c2nc(NC3=CCC(C)(N4CCC(N5CCN(C)CC5)CC4)C(Cl)=C3)ncc2Cl)c2ccccc21. The molecule has 2 saturated heterocycles. The Morgan fingerprint density at radius 3 is 2.52 bits per heavy atom. The molecule has 212 valence electrons. The van der Waals surface area contributed by atoms with Crippen LogP contribution in [-0.4, -0.2) is 87.1 Å². The Morgan fingerprint density at radius 2 is 1.80 bits per heavy atom. The molecule has 7 nitrogen and oxygen atoms in total. The second kappa shape index (κ2) is 11.5. The van der Waals surface area contributed by atoms with E-state index in [2.05, 4.69) is 80.9 Å². The third-order valence-electron chi connectivity index (χ3n) is 9.12. The van der Waals surface area contributed by atoms with E-state index in [4.69, 9.17) is 28.2 Å². The lowest BCUT2D eigenvalue weighted by Gasteiger charge is -2.48. The van der Waals surface area contributed by atoms with Crippen LogP contribution in [0.2, 0.25) is 5.02 Å². The fourth-order valence-corrected chi connectivity index (χ4v) is 6.99. The van der Waals surface area contributed by atoms with Crippen LogP contribution in [0, 0.1) is 0 Å². The Morgan fingerprint density at radius 1 is 1.05 bits per heavy atom. The Labute approximate surface area is 247 Å². The molecule has 40 heavy (non-hydrogen) atoms. The van der Waals surface area contributed by atoms with Gasteiger partial charge in [0.2, 0.25) is 5.95 Å². The molecule has 0 bridgehead atoms. The molecule has 1 aliphatic carbocycles. The van der Waals surface area contributed by atoms with Crippen molar-refractivity contribution >= 4 is 40.1 Å². The molecule has 0 saturated carbocycles. The molecule has 0 spiro atoms. The van der Waals surface area contributed by atoms with Crippen molar-refractivity contribution in [1.29, 1.82) is 0 Å². The zero-order chi connectivity index (χ0) is 27.9. The highest BCUT2D eigenvalue weighted by Gasteiger charge is 2.39. The van der Waals surface area contributed by atoms with E-state index in [0.717, 1.165) is 53.4 Å². The number of hydrogen-bond acceptors (Lipinski definition) is 6. The largest absolute Gasteiger partial charge is 0.347 e. The number of allylic oxidation sites excluding steroid dienone is 1. The first-order chi connectivity index (χ1) is 19.4. The summed E-state index contributed by atoms with van der Waals surface area (Å²) in [6, 6.07) is 9.04. The number of rotatable bonds is 6. The van der Waals surface area contributed by atoms with Crippen molar-refractivity contribution in [3.63, 3.8) is 0 Å². The maximum atomic E-state index is 7.01. The minimum atomic E-state index is -0.187. The van der Waals surface area contributed by atoms with E-state index in [0.29, 0.717) is 17.0 Å². The minimum Gasteiger partial charge on any atom is -0.347 e. The molecule has 3 aromatic rings. The number of para-hydroxylation sites is 1. The lowest BCUT2D eigenvalue weighted by Crippen LogP contribution is -2.56. The second-order valence-electron chi connectivity index (χ2n) is 11.5. The number of aromatic nitrogens is 3. The van der Waals surface area contributed by atoms with Gasteiger partial charge in [-0.15, -0.1) is 0 Å². The zero-order valence-corrected chi connectivity index (χ0v) is 25.2. The van der Waals surface area contributed by atoms with E-state index in [1.54, 1.807) is 6.20 Å². The lowest BCUT2D eigenvalue weighted by molar-refractivity contribution is 0.0390. The number of nitrogens with zero attached hydrogens (tertiary/aromatic N) is 6. The van der Waals surface area contributed by atoms with Crippen LogP contribution in [0.1, 0.15) is 33.1 Å². The van der Waals surface area contributed by atoms with Crippen LogP contribution >= 0.6 is 23.2 Å². The molecule has 1 unspecified atom stereocenters. The maximum Gasteiger partial charge on any atom is 0.227 e. The number of piperazine rings is 1. The van der Waals surface area contributed by atoms with E-state index in [-0.39, 0.29) is 5.54 Å². The Hall–Kier alpha value is -2.42. The number of likely N-dealkylation sites (tertiary alicyclic amines) is 1. The van der Waals surface area contributed by atoms with Crippen molar-refractivity contribution in [2.45, 2.75) is 51.2 Å². The third kappa shape index (κ3) is 5.30. The van der Waals surface area contributed by atoms with Crippen LogP contribution in [0.25, 0.3) is 22.2 Å². The fraction of sp³-hybridized carbons (Fsp3) is 0.484. The minimum absolute atomic E-state index is 0.187. The molecule has 1 N–H and O–H groups in total. The van der Waals surface area contributed by atoms with Crippen molar-refractivity contribution in [2.75, 3.05) is 51.6 Å². The van der Waals surface area contributed by atoms with Gasteiger partial charge in [-0.25, -0.2) is 9.97 Å². The Balaban J connectivity index is 1.15. The third-order valence-corrected chi connectivity index (χ3v) is 9.91. The molecule has 6 rings (SSSR count). The monoisotopic (exact) mass is 579 g/mol. The quantitative estimate of drug-likeness (QED) is 0.383. The van der Waals surface area contributed by atoms with Crippen LogP contribution in [-0.2, 0) is 6.54 Å². The van der Waals surface area contributed by atoms with Crippen LogP contribution in [0.5, 0.6) is 0 Å². The molecular formula is C31H39Cl2N7. The predicted octanol–water partition coefficient (Wildman–Crippen LogP) is 6.06. The number of halogens is 2. The van der Waals surface area contributed by atoms with Crippen LogP contribution in [0.4, 0.5) is 5.95 Å². The molecule has 9 heteroatoms. The summed E-state index contributed by atoms with van der Waals surface area (Å²) >= 11 is 13.6. The van der Waals surface area contributed by atoms with Gasteiger partial charge in [-0.3, -0.25) is 9.80 Å². The van der Waals surface area contributed by atoms with Crippen LogP contribution < -0.4 is 5.32 Å². The van der Waals surface area contributed by atoms with E-state index >= 15 is 0 Å². The van der Waals surface area contributed by atoms with Gasteiger partial charge in [0.15, 0.2) is 0 Å². The summed E-state index contributed by atoms with van der Waals surface area (Å²) in [5.41, 5.74) is 3.63. The Bertz CT molecular complexity index is 1430. The Kier molecular flexibility index (Phi) is 7.94. The molecule has 2 aromatic heterocycles. The molecule has 1 aromatic carbocycles.